The average Bonchev–Trinajstić information content (AvgIpc) is 2.73. The molecule has 0 aliphatic heterocycles. The van der Waals surface area contributed by atoms with Crippen LogP contribution in [0.15, 0.2) is 29.2 Å². The molecule has 0 aliphatic rings. The Morgan fingerprint density at radius 1 is 1.48 bits per heavy atom. The van der Waals surface area contributed by atoms with E-state index in [0.717, 1.165) is 16.3 Å². The number of nitrogens with zero attached hydrogens (tertiary/aromatic N) is 2. The lowest BCUT2D eigenvalue weighted by molar-refractivity contribution is 0.197. The molecule has 3 nitrogen and oxygen atoms in total. The number of benzene rings is 1. The zero-order chi connectivity index (χ0) is 15.4. The van der Waals surface area contributed by atoms with Gasteiger partial charge in [-0.25, -0.2) is 4.39 Å². The van der Waals surface area contributed by atoms with Gasteiger partial charge in [-0.05, 0) is 32.0 Å². The van der Waals surface area contributed by atoms with Gasteiger partial charge in [0.05, 0.1) is 22.5 Å². The van der Waals surface area contributed by atoms with E-state index in [1.165, 1.54) is 23.9 Å². The number of aliphatic hydroxyl groups is 1. The highest BCUT2D eigenvalue weighted by molar-refractivity contribution is 7.99. The van der Waals surface area contributed by atoms with E-state index in [1.807, 2.05) is 24.6 Å². The number of aliphatic hydroxyl groups excluding tert-OH is 1. The SMILES string of the molecule is CCn1nc(C)c(Cl)c1CC(O)CSc1cccc(F)c1. The Labute approximate surface area is 133 Å². The Kier molecular flexibility index (Phi) is 5.67. The molecule has 2 aromatic rings. The predicted molar refractivity (Wildman–Crippen MR) is 84.5 cm³/mol. The number of aromatic nitrogens is 2. The molecule has 0 fully saturated rings. The van der Waals surface area contributed by atoms with Crippen molar-refractivity contribution in [1.82, 2.24) is 9.78 Å². The van der Waals surface area contributed by atoms with Gasteiger partial charge in [0.1, 0.15) is 5.82 Å². The lowest BCUT2D eigenvalue weighted by Crippen LogP contribution is -2.17. The van der Waals surface area contributed by atoms with Gasteiger partial charge in [0.25, 0.3) is 0 Å². The van der Waals surface area contributed by atoms with Crippen LogP contribution in [0.3, 0.4) is 0 Å². The average molecular weight is 329 g/mol. The second kappa shape index (κ2) is 7.29. The molecule has 0 radical (unpaired) electrons. The van der Waals surface area contributed by atoms with Crippen molar-refractivity contribution in [2.45, 2.75) is 37.8 Å². The van der Waals surface area contributed by atoms with Crippen LogP contribution in [0.5, 0.6) is 0 Å². The first kappa shape index (κ1) is 16.3. The van der Waals surface area contributed by atoms with Gasteiger partial charge in [-0.1, -0.05) is 17.7 Å². The summed E-state index contributed by atoms with van der Waals surface area (Å²) in [5.74, 6) is 0.213. The first-order valence-corrected chi connectivity index (χ1v) is 8.15. The second-order valence-corrected chi connectivity index (χ2v) is 6.26. The number of hydrogen-bond acceptors (Lipinski definition) is 3. The molecule has 0 bridgehead atoms. The number of rotatable bonds is 6. The van der Waals surface area contributed by atoms with Crippen molar-refractivity contribution in [3.05, 3.63) is 46.5 Å². The molecule has 2 rings (SSSR count). The predicted octanol–water partition coefficient (Wildman–Crippen LogP) is 3.70. The molecule has 1 heterocycles. The molecular weight excluding hydrogens is 311 g/mol. The number of halogens is 2. The zero-order valence-corrected chi connectivity index (χ0v) is 13.6. The van der Waals surface area contributed by atoms with E-state index in [9.17, 15) is 9.50 Å². The third-order valence-electron chi connectivity index (χ3n) is 3.12. The molecular formula is C15H18ClFN2OS. The number of thioether (sulfide) groups is 1. The smallest absolute Gasteiger partial charge is 0.124 e. The largest absolute Gasteiger partial charge is 0.392 e. The summed E-state index contributed by atoms with van der Waals surface area (Å²) < 4.78 is 14.9. The summed E-state index contributed by atoms with van der Waals surface area (Å²) in [6, 6.07) is 6.36. The van der Waals surface area contributed by atoms with Crippen molar-refractivity contribution in [1.29, 1.82) is 0 Å². The maximum atomic E-state index is 13.1. The lowest BCUT2D eigenvalue weighted by atomic mass is 10.2. The molecule has 0 saturated carbocycles. The third-order valence-corrected chi connectivity index (χ3v) is 4.75. The van der Waals surface area contributed by atoms with E-state index in [4.69, 9.17) is 11.6 Å². The third kappa shape index (κ3) is 4.22. The molecule has 0 saturated heterocycles. The van der Waals surface area contributed by atoms with Gasteiger partial charge in [-0.3, -0.25) is 4.68 Å². The van der Waals surface area contributed by atoms with E-state index in [2.05, 4.69) is 5.10 Å². The molecule has 1 atom stereocenters. The lowest BCUT2D eigenvalue weighted by Gasteiger charge is -2.12. The quantitative estimate of drug-likeness (QED) is 0.822. The van der Waals surface area contributed by atoms with Crippen LogP contribution in [-0.2, 0) is 13.0 Å². The molecule has 114 valence electrons. The maximum Gasteiger partial charge on any atom is 0.124 e. The summed E-state index contributed by atoms with van der Waals surface area (Å²) in [4.78, 5) is 0.806. The molecule has 1 aromatic carbocycles. The molecule has 1 aromatic heterocycles. The minimum atomic E-state index is -0.558. The molecule has 6 heteroatoms. The Hall–Kier alpha value is -1.04. The van der Waals surface area contributed by atoms with Crippen LogP contribution in [0.25, 0.3) is 0 Å². The van der Waals surface area contributed by atoms with E-state index >= 15 is 0 Å². The van der Waals surface area contributed by atoms with Crippen molar-refractivity contribution in [2.75, 3.05) is 5.75 Å². The topological polar surface area (TPSA) is 38.0 Å². The van der Waals surface area contributed by atoms with Gasteiger partial charge >= 0.3 is 0 Å². The normalized spacial score (nSPS) is 12.6. The Balaban J connectivity index is 1.97. The molecule has 21 heavy (non-hydrogen) atoms. The summed E-state index contributed by atoms with van der Waals surface area (Å²) in [5, 5.41) is 15.1. The van der Waals surface area contributed by atoms with Gasteiger partial charge in [0.2, 0.25) is 0 Å². The fourth-order valence-corrected chi connectivity index (χ4v) is 3.18. The molecule has 0 aliphatic carbocycles. The minimum absolute atomic E-state index is 0.266. The fraction of sp³-hybridized carbons (Fsp3) is 0.400. The van der Waals surface area contributed by atoms with Crippen molar-refractivity contribution >= 4 is 23.4 Å². The highest BCUT2D eigenvalue weighted by Crippen LogP contribution is 2.24. The van der Waals surface area contributed by atoms with Crippen LogP contribution in [0, 0.1) is 12.7 Å². The first-order valence-electron chi connectivity index (χ1n) is 6.79. The maximum absolute atomic E-state index is 13.1. The van der Waals surface area contributed by atoms with Gasteiger partial charge in [0.15, 0.2) is 0 Å². The summed E-state index contributed by atoms with van der Waals surface area (Å²) in [6.45, 7) is 4.55. The van der Waals surface area contributed by atoms with Crippen molar-refractivity contribution in [2.24, 2.45) is 0 Å². The summed E-state index contributed by atoms with van der Waals surface area (Å²) >= 11 is 7.65. The Morgan fingerprint density at radius 2 is 2.24 bits per heavy atom. The van der Waals surface area contributed by atoms with E-state index < -0.39 is 6.10 Å². The Morgan fingerprint density at radius 3 is 2.90 bits per heavy atom. The van der Waals surface area contributed by atoms with Gasteiger partial charge in [0, 0.05) is 23.6 Å². The highest BCUT2D eigenvalue weighted by atomic mass is 35.5. The van der Waals surface area contributed by atoms with Crippen LogP contribution < -0.4 is 0 Å². The van der Waals surface area contributed by atoms with E-state index in [0.29, 0.717) is 23.7 Å². The standard InChI is InChI=1S/C15H18ClFN2OS/c1-3-19-14(15(16)10(2)18-19)8-12(20)9-21-13-6-4-5-11(17)7-13/h4-7,12,20H,3,8-9H2,1-2H3. The van der Waals surface area contributed by atoms with E-state index in [1.54, 1.807) is 6.07 Å². The number of hydrogen-bond donors (Lipinski definition) is 1. The van der Waals surface area contributed by atoms with Crippen LogP contribution in [0.2, 0.25) is 5.02 Å². The fourth-order valence-electron chi connectivity index (χ4n) is 2.10. The van der Waals surface area contributed by atoms with Crippen molar-refractivity contribution in [3.8, 4) is 0 Å². The number of aryl methyl sites for hydroxylation is 2. The molecule has 0 spiro atoms. The van der Waals surface area contributed by atoms with Crippen molar-refractivity contribution < 1.29 is 9.50 Å². The van der Waals surface area contributed by atoms with Crippen molar-refractivity contribution in [3.63, 3.8) is 0 Å². The van der Waals surface area contributed by atoms with Crippen LogP contribution in [-0.4, -0.2) is 26.7 Å². The summed E-state index contributed by atoms with van der Waals surface area (Å²) in [5.41, 5.74) is 1.63. The monoisotopic (exact) mass is 328 g/mol. The van der Waals surface area contributed by atoms with Crippen LogP contribution in [0.1, 0.15) is 18.3 Å². The van der Waals surface area contributed by atoms with Gasteiger partial charge in [-0.15, -0.1) is 11.8 Å². The second-order valence-electron chi connectivity index (χ2n) is 4.79. The molecule has 0 amide bonds. The van der Waals surface area contributed by atoms with Crippen LogP contribution >= 0.6 is 23.4 Å². The molecule has 1 unspecified atom stereocenters. The van der Waals surface area contributed by atoms with E-state index in [-0.39, 0.29) is 5.82 Å². The van der Waals surface area contributed by atoms with Crippen LogP contribution in [0.4, 0.5) is 4.39 Å². The minimum Gasteiger partial charge on any atom is -0.392 e. The first-order chi connectivity index (χ1) is 10.0. The van der Waals surface area contributed by atoms with Gasteiger partial charge in [-0.2, -0.15) is 5.10 Å². The molecule has 1 N–H and O–H groups in total. The summed E-state index contributed by atoms with van der Waals surface area (Å²) in [7, 11) is 0. The summed E-state index contributed by atoms with van der Waals surface area (Å²) in [6.07, 6.45) is -0.118. The zero-order valence-electron chi connectivity index (χ0n) is 12.0. The highest BCUT2D eigenvalue weighted by Gasteiger charge is 2.16. The van der Waals surface area contributed by atoms with Gasteiger partial charge < -0.3 is 5.11 Å². The Bertz CT molecular complexity index is 618.